The highest BCUT2D eigenvalue weighted by atomic mass is 35.5. The van der Waals surface area contributed by atoms with Gasteiger partial charge in [-0.1, -0.05) is 17.7 Å². The lowest BCUT2D eigenvalue weighted by molar-refractivity contribution is -0.117. The highest BCUT2D eigenvalue weighted by molar-refractivity contribution is 6.32. The molecule has 2 rings (SSSR count). The number of ether oxygens (including phenoxy) is 2. The number of rotatable bonds is 7. The smallest absolute Gasteiger partial charge is 0.226 e. The topological polar surface area (TPSA) is 67.9 Å². The molecule has 0 saturated heterocycles. The molecule has 8 heteroatoms. The number of carbonyl (C=O) groups is 2. The van der Waals surface area contributed by atoms with Gasteiger partial charge in [0, 0.05) is 37.7 Å². The van der Waals surface area contributed by atoms with Crippen molar-refractivity contribution in [3.05, 3.63) is 47.2 Å². The first-order valence-electron chi connectivity index (χ1n) is 8.10. The molecule has 0 aliphatic heterocycles. The van der Waals surface area contributed by atoms with Crippen LogP contribution in [0.3, 0.4) is 0 Å². The van der Waals surface area contributed by atoms with E-state index >= 15 is 0 Å². The van der Waals surface area contributed by atoms with Gasteiger partial charge in [0.05, 0.1) is 24.9 Å². The largest absolute Gasteiger partial charge is 0.495 e. The van der Waals surface area contributed by atoms with Crippen LogP contribution in [0.1, 0.15) is 13.3 Å². The predicted molar refractivity (Wildman–Crippen MR) is 102 cm³/mol. The van der Waals surface area contributed by atoms with Crippen molar-refractivity contribution in [2.24, 2.45) is 0 Å². The highest BCUT2D eigenvalue weighted by Crippen LogP contribution is 2.38. The number of nitrogens with one attached hydrogen (secondary N) is 1. The summed E-state index contributed by atoms with van der Waals surface area (Å²) >= 11 is 6.09. The van der Waals surface area contributed by atoms with Gasteiger partial charge in [0.25, 0.3) is 0 Å². The lowest BCUT2D eigenvalue weighted by Gasteiger charge is -2.24. The fraction of sp³-hybridized carbons (Fsp3) is 0.263. The van der Waals surface area contributed by atoms with Crippen LogP contribution in [0, 0.1) is 5.82 Å². The molecule has 0 aromatic heterocycles. The van der Waals surface area contributed by atoms with Gasteiger partial charge in [0.1, 0.15) is 17.3 Å². The maximum absolute atomic E-state index is 13.2. The summed E-state index contributed by atoms with van der Waals surface area (Å²) in [6.45, 7) is 1.47. The Balaban J connectivity index is 2.16. The fourth-order valence-corrected chi connectivity index (χ4v) is 2.74. The first kappa shape index (κ1) is 20.5. The lowest BCUT2D eigenvalue weighted by atomic mass is 10.2. The van der Waals surface area contributed by atoms with E-state index < -0.39 is 5.82 Å². The van der Waals surface area contributed by atoms with Crippen LogP contribution in [0.5, 0.6) is 11.5 Å². The summed E-state index contributed by atoms with van der Waals surface area (Å²) in [4.78, 5) is 25.7. The molecule has 1 N–H and O–H groups in total. The number of carbonyl (C=O) groups excluding carboxylic acids is 2. The van der Waals surface area contributed by atoms with Crippen molar-refractivity contribution in [3.8, 4) is 11.5 Å². The quantitative estimate of drug-likeness (QED) is 0.773. The average Bonchev–Trinajstić information content (AvgIpc) is 2.62. The van der Waals surface area contributed by atoms with Crippen molar-refractivity contribution in [1.82, 2.24) is 0 Å². The number of hydrogen-bond donors (Lipinski definition) is 1. The van der Waals surface area contributed by atoms with Crippen molar-refractivity contribution >= 4 is 34.8 Å². The molecule has 2 amide bonds. The third-order valence-electron chi connectivity index (χ3n) is 3.80. The van der Waals surface area contributed by atoms with Crippen LogP contribution < -0.4 is 19.7 Å². The molecule has 6 nitrogen and oxygen atoms in total. The summed E-state index contributed by atoms with van der Waals surface area (Å²) < 4.78 is 23.7. The number of anilines is 2. The second kappa shape index (κ2) is 9.23. The van der Waals surface area contributed by atoms with Crippen LogP contribution in [0.15, 0.2) is 36.4 Å². The van der Waals surface area contributed by atoms with Crippen LogP contribution >= 0.6 is 11.6 Å². The first-order chi connectivity index (χ1) is 12.8. The lowest BCUT2D eigenvalue weighted by Crippen LogP contribution is -2.32. The standard InChI is InChI=1S/C19H20ClFN2O4/c1-12(24)23(16-11-17(26-2)15(20)10-18(16)27-3)8-7-19(25)22-14-6-4-5-13(21)9-14/h4-6,9-11H,7-8H2,1-3H3,(H,22,25). The molecule has 0 heterocycles. The zero-order chi connectivity index (χ0) is 20.0. The van der Waals surface area contributed by atoms with Crippen molar-refractivity contribution in [1.29, 1.82) is 0 Å². The minimum Gasteiger partial charge on any atom is -0.495 e. The van der Waals surface area contributed by atoms with Crippen molar-refractivity contribution < 1.29 is 23.5 Å². The van der Waals surface area contributed by atoms with E-state index in [0.717, 1.165) is 0 Å². The zero-order valence-corrected chi connectivity index (χ0v) is 16.0. The Bertz CT molecular complexity index is 844. The Labute approximate surface area is 161 Å². The summed E-state index contributed by atoms with van der Waals surface area (Å²) in [5.74, 6) is -0.330. The second-order valence-corrected chi connectivity index (χ2v) is 6.04. The Morgan fingerprint density at radius 2 is 1.85 bits per heavy atom. The van der Waals surface area contributed by atoms with E-state index in [4.69, 9.17) is 21.1 Å². The predicted octanol–water partition coefficient (Wildman–Crippen LogP) is 3.88. The van der Waals surface area contributed by atoms with Crippen LogP contribution in [0.4, 0.5) is 15.8 Å². The minimum absolute atomic E-state index is 0.00416. The molecule has 0 aliphatic rings. The summed E-state index contributed by atoms with van der Waals surface area (Å²) in [6, 6.07) is 8.70. The molecule has 144 valence electrons. The van der Waals surface area contributed by atoms with Crippen LogP contribution in [-0.4, -0.2) is 32.6 Å². The molecule has 27 heavy (non-hydrogen) atoms. The number of amides is 2. The van der Waals surface area contributed by atoms with E-state index in [2.05, 4.69) is 5.32 Å². The van der Waals surface area contributed by atoms with Gasteiger partial charge in [-0.25, -0.2) is 4.39 Å². The molecule has 0 bridgehead atoms. The molecule has 2 aromatic rings. The summed E-state index contributed by atoms with van der Waals surface area (Å²) in [7, 11) is 2.92. The molecule has 0 aliphatic carbocycles. The first-order valence-corrected chi connectivity index (χ1v) is 8.48. The van der Waals surface area contributed by atoms with Crippen LogP contribution in [0.25, 0.3) is 0 Å². The van der Waals surface area contributed by atoms with Crippen LogP contribution in [-0.2, 0) is 9.59 Å². The minimum atomic E-state index is -0.448. The number of halogens is 2. The van der Waals surface area contributed by atoms with E-state index in [-0.39, 0.29) is 24.8 Å². The monoisotopic (exact) mass is 394 g/mol. The molecule has 0 saturated carbocycles. The van der Waals surface area contributed by atoms with Gasteiger partial charge in [-0.15, -0.1) is 0 Å². The van der Waals surface area contributed by atoms with Gasteiger partial charge in [-0.05, 0) is 18.2 Å². The van der Waals surface area contributed by atoms with E-state index in [0.29, 0.717) is 27.9 Å². The average molecular weight is 395 g/mol. The van der Waals surface area contributed by atoms with Gasteiger partial charge in [0.15, 0.2) is 0 Å². The maximum atomic E-state index is 13.2. The van der Waals surface area contributed by atoms with E-state index in [1.807, 2.05) is 0 Å². The number of benzene rings is 2. The van der Waals surface area contributed by atoms with E-state index in [1.165, 1.54) is 44.2 Å². The third-order valence-corrected chi connectivity index (χ3v) is 4.09. The SMILES string of the molecule is COc1cc(N(CCC(=O)Nc2cccc(F)c2)C(C)=O)c(OC)cc1Cl. The number of hydrogen-bond acceptors (Lipinski definition) is 4. The Kier molecular flexibility index (Phi) is 7.01. The molecular formula is C19H20ClFN2O4. The van der Waals surface area contributed by atoms with Gasteiger partial charge in [-0.2, -0.15) is 0 Å². The summed E-state index contributed by atoms with van der Waals surface area (Å²) in [5, 5.41) is 2.93. The fourth-order valence-electron chi connectivity index (χ4n) is 2.51. The Hall–Kier alpha value is -2.80. The van der Waals surface area contributed by atoms with Crippen molar-refractivity contribution in [3.63, 3.8) is 0 Å². The normalized spacial score (nSPS) is 10.3. The summed E-state index contributed by atoms with van der Waals surface area (Å²) in [5.41, 5.74) is 0.782. The van der Waals surface area contributed by atoms with Crippen molar-refractivity contribution in [2.45, 2.75) is 13.3 Å². The number of methoxy groups -OCH3 is 2. The molecule has 0 radical (unpaired) electrons. The Morgan fingerprint density at radius 3 is 2.44 bits per heavy atom. The van der Waals surface area contributed by atoms with Crippen LogP contribution in [0.2, 0.25) is 5.02 Å². The zero-order valence-electron chi connectivity index (χ0n) is 15.2. The Morgan fingerprint density at radius 1 is 1.15 bits per heavy atom. The number of nitrogens with zero attached hydrogens (tertiary/aromatic N) is 1. The second-order valence-electron chi connectivity index (χ2n) is 5.64. The van der Waals surface area contributed by atoms with Gasteiger partial charge in [0.2, 0.25) is 11.8 Å². The highest BCUT2D eigenvalue weighted by Gasteiger charge is 2.20. The summed E-state index contributed by atoms with van der Waals surface area (Å²) in [6.07, 6.45) is 0.00416. The molecule has 0 atom stereocenters. The molecule has 2 aromatic carbocycles. The van der Waals surface area contributed by atoms with Crippen molar-refractivity contribution in [2.75, 3.05) is 31.0 Å². The maximum Gasteiger partial charge on any atom is 0.226 e. The molecule has 0 spiro atoms. The van der Waals surface area contributed by atoms with Gasteiger partial charge >= 0.3 is 0 Å². The van der Waals surface area contributed by atoms with E-state index in [1.54, 1.807) is 18.2 Å². The molecular weight excluding hydrogens is 375 g/mol. The third kappa shape index (κ3) is 5.34. The molecule has 0 unspecified atom stereocenters. The molecule has 0 fully saturated rings. The van der Waals surface area contributed by atoms with E-state index in [9.17, 15) is 14.0 Å². The van der Waals surface area contributed by atoms with Gasteiger partial charge < -0.3 is 19.7 Å². The van der Waals surface area contributed by atoms with Gasteiger partial charge in [-0.3, -0.25) is 9.59 Å².